The third kappa shape index (κ3) is 17.1. The molecular weight excluding hydrogens is 729 g/mol. The Kier molecular flexibility index (Phi) is 21.4. The summed E-state index contributed by atoms with van der Waals surface area (Å²) in [5.74, 6) is -3.27. The van der Waals surface area contributed by atoms with E-state index >= 15 is 0 Å². The minimum atomic E-state index is -0.790. The average Bonchev–Trinajstić information content (AvgIpc) is 3.22. The number of hydrogen-bond donors (Lipinski definition) is 6. The predicted octanol–water partition coefficient (Wildman–Crippen LogP) is 4.99. The van der Waals surface area contributed by atoms with Crippen molar-refractivity contribution in [3.05, 3.63) is 71.8 Å². The molecule has 2 heterocycles. The van der Waals surface area contributed by atoms with E-state index in [0.29, 0.717) is 37.9 Å². The Labute approximate surface area is 337 Å². The molecule has 0 saturated carbocycles. The minimum absolute atomic E-state index is 0.0928. The van der Waals surface area contributed by atoms with Crippen molar-refractivity contribution in [2.75, 3.05) is 27.2 Å². The molecule has 0 aliphatic carbocycles. The van der Waals surface area contributed by atoms with E-state index in [1.54, 1.807) is 34.9 Å². The van der Waals surface area contributed by atoms with Gasteiger partial charge >= 0.3 is 0 Å². The Hall–Kier alpha value is -4.82. The lowest BCUT2D eigenvalue weighted by atomic mass is 9.94. The zero-order chi connectivity index (χ0) is 41.4. The summed E-state index contributed by atoms with van der Waals surface area (Å²) >= 11 is 0. The van der Waals surface area contributed by atoms with Crippen LogP contribution in [0.3, 0.4) is 0 Å². The number of rotatable bonds is 7. The van der Waals surface area contributed by atoms with Gasteiger partial charge in [-0.15, -0.1) is 0 Å². The van der Waals surface area contributed by atoms with Crippen molar-refractivity contribution in [3.63, 3.8) is 0 Å². The number of likely N-dealkylation sites (N-methyl/N-ethyl adjacent to an activating group) is 2. The summed E-state index contributed by atoms with van der Waals surface area (Å²) in [5.41, 5.74) is 4.89. The van der Waals surface area contributed by atoms with Gasteiger partial charge < -0.3 is 20.4 Å². The predicted molar refractivity (Wildman–Crippen MR) is 215 cm³/mol. The zero-order valence-electron chi connectivity index (χ0n) is 33.8. The normalized spacial score (nSPS) is 22.7. The molecule has 6 N–H and O–H groups in total. The van der Waals surface area contributed by atoms with Crippen LogP contribution in [0, 0.1) is 11.8 Å². The van der Waals surface area contributed by atoms with Crippen molar-refractivity contribution in [2.45, 2.75) is 121 Å². The molecule has 0 spiro atoms. The highest BCUT2D eigenvalue weighted by molar-refractivity contribution is 5.92. The Balaban J connectivity index is 0.000000306. The van der Waals surface area contributed by atoms with Gasteiger partial charge in [0.25, 0.3) is 0 Å². The third-order valence-corrected chi connectivity index (χ3v) is 10.8. The molecule has 14 heteroatoms. The Morgan fingerprint density at radius 3 is 1.51 bits per heavy atom. The number of hydroxylamine groups is 2. The van der Waals surface area contributed by atoms with E-state index in [1.165, 1.54) is 0 Å². The quantitative estimate of drug-likeness (QED) is 0.167. The van der Waals surface area contributed by atoms with Crippen LogP contribution in [-0.2, 0) is 35.2 Å². The molecule has 6 amide bonds. The Morgan fingerprint density at radius 1 is 0.596 bits per heavy atom. The fraction of sp³-hybridized carbons (Fsp3) is 0.581. The second-order valence-electron chi connectivity index (χ2n) is 15.3. The fourth-order valence-electron chi connectivity index (χ4n) is 7.32. The first-order valence-electron chi connectivity index (χ1n) is 20.6. The highest BCUT2D eigenvalue weighted by Crippen LogP contribution is 2.22. The van der Waals surface area contributed by atoms with Crippen LogP contribution in [0.25, 0.3) is 0 Å². The molecule has 2 aliphatic rings. The van der Waals surface area contributed by atoms with Crippen LogP contribution in [0.2, 0.25) is 0 Å². The standard InChI is InChI=1S/C22H33N3O4.C21H31N3O4/c1-25-14-10-5-3-2-4-9-13-18(16-20(26)24-29)21(27)23-19(22(25)28)15-17-11-7-6-8-12-17;1-24-14-10-5-3-2-4-7-13-17(15-18(25)23-28)20(26)22-19(21(24)27)16-11-8-6-9-12-16/h6-8,11-12,18-19,29H,2-5,9-10,13-16H2,1H3,(H,23,27)(H,24,26);6,8-9,11-12,17,19,28H,2-5,7,10,13-15H2,1H3,(H,22,26)(H,23,25). The van der Waals surface area contributed by atoms with Crippen LogP contribution >= 0.6 is 0 Å². The van der Waals surface area contributed by atoms with Crippen LogP contribution < -0.4 is 21.6 Å². The number of carbonyl (C=O) groups is 6. The molecule has 14 nitrogen and oxygen atoms in total. The van der Waals surface area contributed by atoms with Crippen LogP contribution in [0.5, 0.6) is 0 Å². The SMILES string of the molecule is CN1CCCCCCCCC(CC(=O)NO)C(=O)NC(Cc2ccccc2)C1=O.CN1CCCCCCCCC(CC(=O)NO)C(=O)NC(c2ccccc2)C1=O. The van der Waals surface area contributed by atoms with Crippen LogP contribution in [0.4, 0.5) is 0 Å². The molecule has 57 heavy (non-hydrogen) atoms. The van der Waals surface area contributed by atoms with Gasteiger partial charge in [0.15, 0.2) is 0 Å². The summed E-state index contributed by atoms with van der Waals surface area (Å²) in [6.07, 6.45) is 13.4. The van der Waals surface area contributed by atoms with Crippen molar-refractivity contribution in [1.82, 2.24) is 31.4 Å². The molecule has 0 bridgehead atoms. The van der Waals surface area contributed by atoms with Gasteiger partial charge in [0.05, 0.1) is 0 Å². The number of benzene rings is 2. The number of nitrogens with zero attached hydrogens (tertiary/aromatic N) is 2. The minimum Gasteiger partial charge on any atom is -0.344 e. The highest BCUT2D eigenvalue weighted by Gasteiger charge is 2.31. The maximum Gasteiger partial charge on any atom is 0.249 e. The Morgan fingerprint density at radius 2 is 1.02 bits per heavy atom. The molecule has 4 unspecified atom stereocenters. The summed E-state index contributed by atoms with van der Waals surface area (Å²) in [6, 6.07) is 17.3. The third-order valence-electron chi connectivity index (χ3n) is 10.8. The number of amides is 6. The molecule has 2 aliphatic heterocycles. The first kappa shape index (κ1) is 46.6. The van der Waals surface area contributed by atoms with Crippen molar-refractivity contribution in [1.29, 1.82) is 0 Å². The fourth-order valence-corrected chi connectivity index (χ4v) is 7.32. The monoisotopic (exact) mass is 792 g/mol. The first-order chi connectivity index (χ1) is 27.5. The van der Waals surface area contributed by atoms with Gasteiger partial charge in [-0.1, -0.05) is 125 Å². The average molecular weight is 793 g/mol. The van der Waals surface area contributed by atoms with Crippen LogP contribution in [0.1, 0.15) is 120 Å². The first-order valence-corrected chi connectivity index (χ1v) is 20.6. The molecular formula is C43H64N6O8. The van der Waals surface area contributed by atoms with Crippen LogP contribution in [-0.4, -0.2) is 88.9 Å². The smallest absolute Gasteiger partial charge is 0.249 e. The van der Waals surface area contributed by atoms with Crippen molar-refractivity contribution >= 4 is 35.4 Å². The second-order valence-corrected chi connectivity index (χ2v) is 15.3. The molecule has 2 fully saturated rings. The molecule has 2 aromatic rings. The topological polar surface area (TPSA) is 197 Å². The van der Waals surface area contributed by atoms with Crippen molar-refractivity contribution in [2.24, 2.45) is 11.8 Å². The van der Waals surface area contributed by atoms with Gasteiger partial charge in [-0.3, -0.25) is 39.2 Å². The van der Waals surface area contributed by atoms with E-state index in [0.717, 1.165) is 82.6 Å². The van der Waals surface area contributed by atoms with Gasteiger partial charge in [-0.25, -0.2) is 11.0 Å². The van der Waals surface area contributed by atoms with E-state index < -0.39 is 35.7 Å². The van der Waals surface area contributed by atoms with Gasteiger partial charge in [-0.05, 0) is 36.8 Å². The molecule has 4 rings (SSSR count). The van der Waals surface area contributed by atoms with Gasteiger partial charge in [0.1, 0.15) is 12.1 Å². The van der Waals surface area contributed by atoms with Crippen molar-refractivity contribution < 1.29 is 39.2 Å². The van der Waals surface area contributed by atoms with E-state index in [1.807, 2.05) is 60.7 Å². The second kappa shape index (κ2) is 26.2. The van der Waals surface area contributed by atoms with E-state index in [-0.39, 0.29) is 36.5 Å². The number of hydrogen-bond acceptors (Lipinski definition) is 8. The maximum absolute atomic E-state index is 13.0. The lowest BCUT2D eigenvalue weighted by molar-refractivity contribution is -0.138. The summed E-state index contributed by atoms with van der Waals surface area (Å²) in [6.45, 7) is 1.31. The number of nitrogens with one attached hydrogen (secondary N) is 4. The molecule has 4 atom stereocenters. The Bertz CT molecular complexity index is 1540. The summed E-state index contributed by atoms with van der Waals surface area (Å²) in [5, 5.41) is 23.4. The number of carbonyl (C=O) groups excluding carboxylic acids is 6. The molecule has 0 radical (unpaired) electrons. The highest BCUT2D eigenvalue weighted by atomic mass is 16.5. The van der Waals surface area contributed by atoms with Gasteiger partial charge in [0.2, 0.25) is 35.4 Å². The van der Waals surface area contributed by atoms with Crippen molar-refractivity contribution in [3.8, 4) is 0 Å². The molecule has 2 aromatic carbocycles. The van der Waals surface area contributed by atoms with Crippen LogP contribution in [0.15, 0.2) is 60.7 Å². The van der Waals surface area contributed by atoms with Gasteiger partial charge in [0, 0.05) is 58.3 Å². The summed E-state index contributed by atoms with van der Waals surface area (Å²) in [4.78, 5) is 78.6. The van der Waals surface area contributed by atoms with E-state index in [9.17, 15) is 28.8 Å². The van der Waals surface area contributed by atoms with Gasteiger partial charge in [-0.2, -0.15) is 0 Å². The molecule has 314 valence electrons. The lowest BCUT2D eigenvalue weighted by Crippen LogP contribution is -2.50. The maximum atomic E-state index is 13.0. The largest absolute Gasteiger partial charge is 0.344 e. The van der Waals surface area contributed by atoms with E-state index in [2.05, 4.69) is 10.6 Å². The molecule has 0 aromatic heterocycles. The van der Waals surface area contributed by atoms with E-state index in [4.69, 9.17) is 10.4 Å². The zero-order valence-corrected chi connectivity index (χ0v) is 33.8. The summed E-state index contributed by atoms with van der Waals surface area (Å²) < 4.78 is 0. The lowest BCUT2D eigenvalue weighted by Gasteiger charge is -2.27. The molecule has 2 saturated heterocycles. The summed E-state index contributed by atoms with van der Waals surface area (Å²) in [7, 11) is 3.53.